The molecule has 3 aromatic carbocycles. The number of amides is 11. The Morgan fingerprint density at radius 1 is 0.756 bits per heavy atom. The van der Waals surface area contributed by atoms with Crippen molar-refractivity contribution in [2.24, 2.45) is 28.9 Å². The molecule has 4 rings (SSSR count). The van der Waals surface area contributed by atoms with E-state index in [1.807, 2.05) is 78.8 Å². The number of nitrogens with one attached hydrogen (secondary N) is 8. The molecule has 1 unspecified atom stereocenters. The van der Waals surface area contributed by atoms with Crippen molar-refractivity contribution in [3.05, 3.63) is 113 Å². The van der Waals surface area contributed by atoms with Crippen molar-refractivity contribution in [1.82, 2.24) is 46.4 Å². The number of likely N-dealkylation sites (tertiary alicyclic amines) is 1. The number of likely N-dealkylation sites (N-methyl/N-ethyl adjacent to an activating group) is 2. The Morgan fingerprint density at radius 2 is 1.38 bits per heavy atom. The van der Waals surface area contributed by atoms with Gasteiger partial charge in [-0.2, -0.15) is 0 Å². The number of benzene rings is 3. The van der Waals surface area contributed by atoms with Crippen molar-refractivity contribution in [2.75, 3.05) is 32.5 Å². The van der Waals surface area contributed by atoms with Gasteiger partial charge in [-0.3, -0.25) is 43.3 Å². The summed E-state index contributed by atoms with van der Waals surface area (Å²) in [5.74, 6) is -4.97. The predicted octanol–water partition coefficient (Wildman–Crippen LogP) is 5.55. The van der Waals surface area contributed by atoms with Crippen molar-refractivity contribution in [1.29, 1.82) is 0 Å². The van der Waals surface area contributed by atoms with Crippen LogP contribution in [-0.2, 0) is 77.4 Å². The van der Waals surface area contributed by atoms with E-state index in [1.165, 1.54) is 16.7 Å². The Kier molecular flexibility index (Phi) is 28.2. The number of sulfonamides is 1. The summed E-state index contributed by atoms with van der Waals surface area (Å²) in [7, 11) is -0.923. The summed E-state index contributed by atoms with van der Waals surface area (Å²) in [6, 6.07) is 17.2. The van der Waals surface area contributed by atoms with Crippen LogP contribution in [0.5, 0.6) is 0 Å². The van der Waals surface area contributed by atoms with Gasteiger partial charge < -0.3 is 52.6 Å². The number of imide groups is 1. The molecular weight excluding hydrogens is 1170 g/mol. The van der Waals surface area contributed by atoms with Crippen LogP contribution in [0, 0.1) is 23.2 Å². The number of urea groups is 1. The van der Waals surface area contributed by atoms with Gasteiger partial charge in [0, 0.05) is 62.1 Å². The lowest BCUT2D eigenvalue weighted by Gasteiger charge is -2.40. The zero-order valence-electron chi connectivity index (χ0n) is 54.4. The van der Waals surface area contributed by atoms with Crippen LogP contribution < -0.4 is 47.7 Å². The van der Waals surface area contributed by atoms with Gasteiger partial charge >= 0.3 is 12.1 Å². The van der Waals surface area contributed by atoms with Gasteiger partial charge in [-0.15, -0.1) is 0 Å². The van der Waals surface area contributed by atoms with E-state index in [9.17, 15) is 56.4 Å². The molecule has 0 aliphatic carbocycles. The quantitative estimate of drug-likeness (QED) is 0.0205. The van der Waals surface area contributed by atoms with Crippen LogP contribution in [0.4, 0.5) is 15.3 Å². The molecule has 1 aliphatic rings. The first kappa shape index (κ1) is 74.3. The molecule has 1 aliphatic heterocycles. The molecule has 25 heteroatoms. The van der Waals surface area contributed by atoms with E-state index in [4.69, 9.17) is 10.5 Å². The van der Waals surface area contributed by atoms with Crippen molar-refractivity contribution >= 4 is 75.1 Å². The number of nitrogens with zero attached hydrogens (tertiary/aromatic N) is 2. The monoisotopic (exact) mass is 1270 g/mol. The van der Waals surface area contributed by atoms with E-state index in [0.717, 1.165) is 5.56 Å². The minimum absolute atomic E-state index is 0.0339. The molecule has 0 spiro atoms. The highest BCUT2D eigenvalue weighted by Gasteiger charge is 2.42. The van der Waals surface area contributed by atoms with E-state index >= 15 is 0 Å². The largest absolute Gasteiger partial charge is 0.445 e. The minimum atomic E-state index is -4.21. The third-order valence-electron chi connectivity index (χ3n) is 15.7. The number of nitrogens with two attached hydrogens (primary N) is 1. The van der Waals surface area contributed by atoms with Gasteiger partial charge in [-0.25, -0.2) is 22.7 Å². The van der Waals surface area contributed by atoms with Gasteiger partial charge in [-0.1, -0.05) is 148 Å². The average Bonchev–Trinajstić information content (AvgIpc) is 1.10. The zero-order valence-corrected chi connectivity index (χ0v) is 55.2. The van der Waals surface area contributed by atoms with Gasteiger partial charge in [0.1, 0.15) is 24.7 Å². The first-order valence-corrected chi connectivity index (χ1v) is 32.2. The Bertz CT molecular complexity index is 3130. The summed E-state index contributed by atoms with van der Waals surface area (Å²) < 4.78 is 34.2. The molecule has 90 heavy (non-hydrogen) atoms. The third-order valence-corrected chi connectivity index (χ3v) is 16.9. The van der Waals surface area contributed by atoms with Crippen LogP contribution in [0.25, 0.3) is 0 Å². The van der Waals surface area contributed by atoms with Crippen LogP contribution in [0.2, 0.25) is 0 Å². The van der Waals surface area contributed by atoms with E-state index in [2.05, 4.69) is 41.9 Å². The second-order valence-corrected chi connectivity index (χ2v) is 27.1. The predicted molar refractivity (Wildman–Crippen MR) is 343 cm³/mol. The molecule has 6 atom stereocenters. The Morgan fingerprint density at radius 3 is 1.94 bits per heavy atom. The molecule has 3 aromatic rings. The minimum Gasteiger partial charge on any atom is -0.445 e. The average molecular weight is 1270 g/mol. The molecule has 24 nitrogen and oxygen atoms in total. The highest BCUT2D eigenvalue weighted by molar-refractivity contribution is 7.89. The topological polar surface area (TPSA) is 343 Å². The van der Waals surface area contributed by atoms with Gasteiger partial charge in [0.25, 0.3) is 5.91 Å². The standard InChI is InChI=1S/C65H95N11O13S/c1-40(2)50(75(13)61(84)55(64(7,8)9)73-59(82)54(67-12)65(10,11)47-21-16-14-17-22-47)35-42(5)56(79)74-90(87,88)39-46-27-25-44(26-28-46)37-69-63(86)89-38-45-29-31-48(32-30-45)70-57(80)49(23-20-33-68-62(66)85)71-58(81)53(41(3)4)72-51(77)24-18-15-19-34-76-52(78)36-43(6)60(76)83/h14,16-17,21-22,25-32,35,40-41,43,49-50,53-55,67H,15,18-20,23-24,33-34,36-39H2,1-13H3,(H,69,86)(H,70,80)(H,71,81)(H,72,77)(H,73,82)(H,74,79)(H3,66,68,85)/b42-35+/t43?,49-,50+,53-,54+,55+/m0/s1. The lowest BCUT2D eigenvalue weighted by Crippen LogP contribution is -2.61. The maximum Gasteiger partial charge on any atom is 0.407 e. The molecule has 494 valence electrons. The van der Waals surface area contributed by atoms with Gasteiger partial charge in [-0.05, 0) is 91.3 Å². The summed E-state index contributed by atoms with van der Waals surface area (Å²) >= 11 is 0. The number of primary amides is 1. The summed E-state index contributed by atoms with van der Waals surface area (Å²) in [5.41, 5.74) is 6.76. The molecule has 1 fully saturated rings. The number of anilines is 1. The molecule has 0 aromatic heterocycles. The highest BCUT2D eigenvalue weighted by Crippen LogP contribution is 2.30. The van der Waals surface area contributed by atoms with Crippen LogP contribution in [0.15, 0.2) is 90.5 Å². The lowest BCUT2D eigenvalue weighted by molar-refractivity contribution is -0.141. The zero-order chi connectivity index (χ0) is 67.3. The van der Waals surface area contributed by atoms with Crippen molar-refractivity contribution in [3.63, 3.8) is 0 Å². The maximum atomic E-state index is 14.4. The molecule has 0 radical (unpaired) electrons. The van der Waals surface area contributed by atoms with Crippen LogP contribution in [0.1, 0.15) is 143 Å². The first-order valence-electron chi connectivity index (χ1n) is 30.5. The third kappa shape index (κ3) is 23.0. The number of alkyl carbamates (subject to hydrolysis) is 1. The number of unbranched alkanes of at least 4 members (excludes halogenated alkanes) is 2. The van der Waals surface area contributed by atoms with Crippen molar-refractivity contribution in [2.45, 2.75) is 176 Å². The number of hydrogen-bond donors (Lipinski definition) is 9. The lowest BCUT2D eigenvalue weighted by atomic mass is 9.76. The molecule has 11 amide bonds. The van der Waals surface area contributed by atoms with Gasteiger partial charge in [0.05, 0.1) is 17.8 Å². The molecule has 0 saturated carbocycles. The summed E-state index contributed by atoms with van der Waals surface area (Å²) in [6.07, 6.45) is 3.08. The van der Waals surface area contributed by atoms with E-state index in [0.29, 0.717) is 48.2 Å². The summed E-state index contributed by atoms with van der Waals surface area (Å²) in [6.45, 7) is 20.2. The SMILES string of the molecule is CN[C@H](C(=O)N[C@H](C(=O)N(C)[C@H](/C=C(\C)C(=O)NS(=O)(=O)Cc1ccc(CNC(=O)OCc2ccc(NC(=O)[C@H](CCCNC(N)=O)NC(=O)[C@@H](NC(=O)CCCCCN3C(=O)CC(C)C3=O)C(C)C)cc2)cc1)C(C)C)C(C)(C)C)C(C)(C)c1ccccc1. The smallest absolute Gasteiger partial charge is 0.407 e. The van der Waals surface area contributed by atoms with Gasteiger partial charge in [0.2, 0.25) is 51.4 Å². The Hall–Kier alpha value is -8.19. The fourth-order valence-corrected chi connectivity index (χ4v) is 11.5. The normalized spacial score (nSPS) is 15.4. The van der Waals surface area contributed by atoms with Crippen LogP contribution in [0.3, 0.4) is 0 Å². The number of ether oxygens (including phenoxy) is 1. The van der Waals surface area contributed by atoms with E-state index in [1.54, 1.807) is 89.5 Å². The van der Waals surface area contributed by atoms with E-state index < -0.39 is 86.7 Å². The molecule has 1 saturated heterocycles. The second-order valence-electron chi connectivity index (χ2n) is 25.4. The number of carbonyl (C=O) groups is 10. The second kappa shape index (κ2) is 34.1. The van der Waals surface area contributed by atoms with Gasteiger partial charge in [0.15, 0.2) is 0 Å². The molecule has 0 bridgehead atoms. The number of hydrogen-bond acceptors (Lipinski definition) is 14. The Labute approximate surface area is 530 Å². The molecule has 1 heterocycles. The maximum absolute atomic E-state index is 14.4. The van der Waals surface area contributed by atoms with E-state index in [-0.39, 0.29) is 98.2 Å². The fourth-order valence-electron chi connectivity index (χ4n) is 10.3. The molecular formula is C65H95N11O13S. The van der Waals surface area contributed by atoms with Crippen molar-refractivity contribution < 1.29 is 61.1 Å². The van der Waals surface area contributed by atoms with Crippen LogP contribution in [-0.4, -0.2) is 135 Å². The van der Waals surface area contributed by atoms with Crippen LogP contribution >= 0.6 is 0 Å². The summed E-state index contributed by atoms with van der Waals surface area (Å²) in [4.78, 5) is 133. The fraction of sp³-hybridized carbons (Fsp3) is 0.538. The molecule has 10 N–H and O–H groups in total. The highest BCUT2D eigenvalue weighted by atomic mass is 32.2. The Balaban J connectivity index is 1.26. The van der Waals surface area contributed by atoms with Crippen molar-refractivity contribution in [3.8, 4) is 0 Å². The summed E-state index contributed by atoms with van der Waals surface area (Å²) in [5, 5.41) is 19.5. The number of rotatable bonds is 33. The number of carbonyl (C=O) groups excluding carboxylic acids is 10. The first-order chi connectivity index (χ1) is 42.1.